The first-order chi connectivity index (χ1) is 12.2. The van der Waals surface area contributed by atoms with Gasteiger partial charge in [0.25, 0.3) is 0 Å². The van der Waals surface area contributed by atoms with Gasteiger partial charge in [0, 0.05) is 44.2 Å². The lowest BCUT2D eigenvalue weighted by Gasteiger charge is -2.40. The van der Waals surface area contributed by atoms with Crippen molar-refractivity contribution in [2.45, 2.75) is 57.1 Å². The Morgan fingerprint density at radius 1 is 1.20 bits per heavy atom. The SMILES string of the molecule is C[C@@H]1OCC[C@@H]1C(=O)N1CCCC12CCCN(c1cnccn1)CC2. The molecule has 0 radical (unpaired) electrons. The number of carbonyl (C=O) groups is 1. The fraction of sp³-hybridized carbons (Fsp3) is 0.737. The molecule has 25 heavy (non-hydrogen) atoms. The van der Waals surface area contributed by atoms with Crippen LogP contribution in [0.1, 0.15) is 45.4 Å². The summed E-state index contributed by atoms with van der Waals surface area (Å²) in [6.45, 7) is 5.61. The highest BCUT2D eigenvalue weighted by Crippen LogP contribution is 2.41. The second-order valence-corrected chi connectivity index (χ2v) is 7.69. The molecule has 136 valence electrons. The Morgan fingerprint density at radius 3 is 2.76 bits per heavy atom. The highest BCUT2D eigenvalue weighted by molar-refractivity contribution is 5.81. The Labute approximate surface area is 149 Å². The summed E-state index contributed by atoms with van der Waals surface area (Å²) in [5.74, 6) is 1.33. The molecule has 3 atom stereocenters. The van der Waals surface area contributed by atoms with Gasteiger partial charge in [0.1, 0.15) is 5.82 Å². The Hall–Kier alpha value is -1.69. The molecule has 1 unspecified atom stereocenters. The zero-order valence-electron chi connectivity index (χ0n) is 15.1. The van der Waals surface area contributed by atoms with E-state index < -0.39 is 0 Å². The van der Waals surface area contributed by atoms with E-state index in [2.05, 4.69) is 19.8 Å². The summed E-state index contributed by atoms with van der Waals surface area (Å²) in [5, 5.41) is 0. The summed E-state index contributed by atoms with van der Waals surface area (Å²) in [5.41, 5.74) is 0.0380. The van der Waals surface area contributed by atoms with Crippen LogP contribution in [0.3, 0.4) is 0 Å². The predicted molar refractivity (Wildman–Crippen MR) is 95.3 cm³/mol. The molecule has 0 N–H and O–H groups in total. The van der Waals surface area contributed by atoms with Crippen molar-refractivity contribution in [2.24, 2.45) is 5.92 Å². The van der Waals surface area contributed by atoms with Crippen molar-refractivity contribution in [1.29, 1.82) is 0 Å². The highest BCUT2D eigenvalue weighted by atomic mass is 16.5. The van der Waals surface area contributed by atoms with E-state index in [9.17, 15) is 4.79 Å². The van der Waals surface area contributed by atoms with Gasteiger partial charge in [0.15, 0.2) is 0 Å². The molecule has 4 heterocycles. The second kappa shape index (κ2) is 6.90. The number of ether oxygens (including phenoxy) is 1. The van der Waals surface area contributed by atoms with Crippen molar-refractivity contribution >= 4 is 11.7 Å². The maximum absolute atomic E-state index is 13.2. The van der Waals surface area contributed by atoms with E-state index in [4.69, 9.17) is 4.74 Å². The molecule has 1 aromatic heterocycles. The van der Waals surface area contributed by atoms with E-state index in [0.29, 0.717) is 5.91 Å². The van der Waals surface area contributed by atoms with Gasteiger partial charge in [-0.1, -0.05) is 0 Å². The number of hydrogen-bond acceptors (Lipinski definition) is 5. The molecule has 3 fully saturated rings. The number of anilines is 1. The summed E-state index contributed by atoms with van der Waals surface area (Å²) < 4.78 is 5.65. The van der Waals surface area contributed by atoms with Crippen LogP contribution in [0, 0.1) is 5.92 Å². The molecule has 0 aliphatic carbocycles. The van der Waals surface area contributed by atoms with E-state index in [1.807, 2.05) is 13.1 Å². The molecular weight excluding hydrogens is 316 g/mol. The number of hydrogen-bond donors (Lipinski definition) is 0. The fourth-order valence-corrected chi connectivity index (χ4v) is 4.92. The molecule has 0 bridgehead atoms. The number of rotatable bonds is 2. The molecule has 1 amide bonds. The van der Waals surface area contributed by atoms with Gasteiger partial charge in [0.05, 0.1) is 18.2 Å². The van der Waals surface area contributed by atoms with E-state index in [-0.39, 0.29) is 17.6 Å². The van der Waals surface area contributed by atoms with E-state index in [1.165, 1.54) is 0 Å². The number of amides is 1. The predicted octanol–water partition coefficient (Wildman–Crippen LogP) is 2.25. The maximum atomic E-state index is 13.2. The van der Waals surface area contributed by atoms with E-state index >= 15 is 0 Å². The van der Waals surface area contributed by atoms with Gasteiger partial charge in [-0.2, -0.15) is 0 Å². The van der Waals surface area contributed by atoms with Crippen LogP contribution in [-0.4, -0.2) is 58.7 Å². The molecule has 0 saturated carbocycles. The Balaban J connectivity index is 1.49. The van der Waals surface area contributed by atoms with Crippen molar-refractivity contribution in [3.8, 4) is 0 Å². The minimum absolute atomic E-state index is 0.0380. The molecule has 3 aliphatic rings. The average Bonchev–Trinajstić information content (AvgIpc) is 3.18. The smallest absolute Gasteiger partial charge is 0.228 e. The Bertz CT molecular complexity index is 611. The summed E-state index contributed by atoms with van der Waals surface area (Å²) >= 11 is 0. The van der Waals surface area contributed by atoms with Gasteiger partial charge in [-0.3, -0.25) is 9.78 Å². The first-order valence-electron chi connectivity index (χ1n) is 9.64. The monoisotopic (exact) mass is 344 g/mol. The number of aromatic nitrogens is 2. The van der Waals surface area contributed by atoms with E-state index in [0.717, 1.165) is 70.6 Å². The third-order valence-corrected chi connectivity index (χ3v) is 6.35. The van der Waals surface area contributed by atoms with Crippen LogP contribution in [0.25, 0.3) is 0 Å². The zero-order valence-corrected chi connectivity index (χ0v) is 15.1. The third kappa shape index (κ3) is 3.12. The van der Waals surface area contributed by atoms with Gasteiger partial charge in [-0.05, 0) is 45.4 Å². The number of likely N-dealkylation sites (tertiary alicyclic amines) is 1. The lowest BCUT2D eigenvalue weighted by atomic mass is 9.86. The molecule has 1 spiro atoms. The Morgan fingerprint density at radius 2 is 2.04 bits per heavy atom. The third-order valence-electron chi connectivity index (χ3n) is 6.35. The van der Waals surface area contributed by atoms with E-state index in [1.54, 1.807) is 12.4 Å². The minimum atomic E-state index is 0.0380. The normalized spacial score (nSPS) is 33.0. The van der Waals surface area contributed by atoms with Crippen molar-refractivity contribution in [3.63, 3.8) is 0 Å². The van der Waals surface area contributed by atoms with Crippen molar-refractivity contribution in [2.75, 3.05) is 31.1 Å². The highest BCUT2D eigenvalue weighted by Gasteiger charge is 2.47. The van der Waals surface area contributed by atoms with Crippen molar-refractivity contribution < 1.29 is 9.53 Å². The van der Waals surface area contributed by atoms with Crippen LogP contribution < -0.4 is 4.90 Å². The largest absolute Gasteiger partial charge is 0.378 e. The quantitative estimate of drug-likeness (QED) is 0.824. The lowest BCUT2D eigenvalue weighted by Crippen LogP contribution is -2.51. The topological polar surface area (TPSA) is 58.6 Å². The number of nitrogens with zero attached hydrogens (tertiary/aromatic N) is 4. The van der Waals surface area contributed by atoms with Gasteiger partial charge in [-0.15, -0.1) is 0 Å². The summed E-state index contributed by atoms with van der Waals surface area (Å²) in [6.07, 6.45) is 11.7. The zero-order chi connectivity index (χ0) is 17.3. The minimum Gasteiger partial charge on any atom is -0.378 e. The van der Waals surface area contributed by atoms with Crippen molar-refractivity contribution in [1.82, 2.24) is 14.9 Å². The average molecular weight is 344 g/mol. The molecule has 0 aromatic carbocycles. The fourth-order valence-electron chi connectivity index (χ4n) is 4.92. The van der Waals surface area contributed by atoms with Crippen LogP contribution in [-0.2, 0) is 9.53 Å². The van der Waals surface area contributed by atoms with Gasteiger partial charge < -0.3 is 14.5 Å². The van der Waals surface area contributed by atoms with Crippen LogP contribution in [0.15, 0.2) is 18.6 Å². The molecule has 3 saturated heterocycles. The summed E-state index contributed by atoms with van der Waals surface area (Å²) in [6, 6.07) is 0. The molecule has 6 nitrogen and oxygen atoms in total. The van der Waals surface area contributed by atoms with Crippen molar-refractivity contribution in [3.05, 3.63) is 18.6 Å². The Kier molecular flexibility index (Phi) is 4.63. The van der Waals surface area contributed by atoms with Gasteiger partial charge >= 0.3 is 0 Å². The van der Waals surface area contributed by atoms with Gasteiger partial charge in [0.2, 0.25) is 5.91 Å². The molecule has 3 aliphatic heterocycles. The van der Waals surface area contributed by atoms with Crippen LogP contribution in [0.5, 0.6) is 0 Å². The maximum Gasteiger partial charge on any atom is 0.228 e. The summed E-state index contributed by atoms with van der Waals surface area (Å²) in [7, 11) is 0. The van der Waals surface area contributed by atoms with Crippen LogP contribution in [0.4, 0.5) is 5.82 Å². The number of carbonyl (C=O) groups excluding carboxylic acids is 1. The lowest BCUT2D eigenvalue weighted by molar-refractivity contribution is -0.141. The van der Waals surface area contributed by atoms with Crippen LogP contribution in [0.2, 0.25) is 0 Å². The molecule has 4 rings (SSSR count). The van der Waals surface area contributed by atoms with Gasteiger partial charge in [-0.25, -0.2) is 4.98 Å². The van der Waals surface area contributed by atoms with Crippen LogP contribution >= 0.6 is 0 Å². The second-order valence-electron chi connectivity index (χ2n) is 7.69. The standard InChI is InChI=1S/C19H28N4O2/c1-15-16(4-13-25-15)18(24)23-11-3-6-19(23)5-2-10-22(12-7-19)17-14-20-8-9-21-17/h8-9,14-16H,2-7,10-13H2,1H3/t15-,16-,19?/m0/s1. The first-order valence-corrected chi connectivity index (χ1v) is 9.64. The first kappa shape index (κ1) is 16.8. The molecular formula is C19H28N4O2. The molecule has 6 heteroatoms. The molecule has 1 aromatic rings. The summed E-state index contributed by atoms with van der Waals surface area (Å²) in [4.78, 5) is 26.4.